The molecule has 0 aliphatic rings. The van der Waals surface area contributed by atoms with Crippen LogP contribution in [0.15, 0.2) is 0 Å². The minimum absolute atomic E-state index is 0. The van der Waals surface area contributed by atoms with Gasteiger partial charge >= 0.3 is 0 Å². The van der Waals surface area contributed by atoms with E-state index in [0.29, 0.717) is 0 Å². The van der Waals surface area contributed by atoms with Crippen molar-refractivity contribution in [1.82, 2.24) is 0 Å². The summed E-state index contributed by atoms with van der Waals surface area (Å²) in [4.78, 5) is 0. The highest BCUT2D eigenvalue weighted by Crippen LogP contribution is 2.19. The van der Waals surface area contributed by atoms with E-state index in [2.05, 4.69) is 23.2 Å². The second kappa shape index (κ2) is 2.61. The molecule has 0 aromatic rings. The molecular weight excluding hydrogens is 130 g/mol. The van der Waals surface area contributed by atoms with E-state index in [0.717, 1.165) is 6.92 Å². The van der Waals surface area contributed by atoms with Crippen molar-refractivity contribution < 1.29 is 9.87 Å². The van der Waals surface area contributed by atoms with Crippen molar-refractivity contribution in [3.05, 3.63) is 0 Å². The van der Waals surface area contributed by atoms with Gasteiger partial charge in [0.2, 0.25) is 0 Å². The SMILES string of the molecule is CC(F)(Cl)Cl.O. The van der Waals surface area contributed by atoms with E-state index in [1.165, 1.54) is 0 Å². The number of halogens is 3. The van der Waals surface area contributed by atoms with Gasteiger partial charge in [-0.15, -0.1) is 0 Å². The molecule has 0 spiro atoms. The summed E-state index contributed by atoms with van der Waals surface area (Å²) in [7, 11) is 0. The third-order valence-electron chi connectivity index (χ3n) is 0. The van der Waals surface area contributed by atoms with Crippen molar-refractivity contribution in [3.8, 4) is 0 Å². The molecule has 0 unspecified atom stereocenters. The van der Waals surface area contributed by atoms with Crippen LogP contribution in [0.5, 0.6) is 0 Å². The van der Waals surface area contributed by atoms with Gasteiger partial charge in [0.15, 0.2) is 0 Å². The average molecular weight is 135 g/mol. The molecule has 0 aliphatic carbocycles. The Balaban J connectivity index is 0. The Morgan fingerprint density at radius 1 is 1.50 bits per heavy atom. The van der Waals surface area contributed by atoms with Crippen LogP contribution in [0.25, 0.3) is 0 Å². The zero-order chi connectivity index (χ0) is 4.50. The third-order valence-corrected chi connectivity index (χ3v) is 0. The second-order valence-electron chi connectivity index (χ2n) is 0.781. The Morgan fingerprint density at radius 2 is 1.50 bits per heavy atom. The van der Waals surface area contributed by atoms with Gasteiger partial charge in [-0.1, -0.05) is 23.2 Å². The van der Waals surface area contributed by atoms with E-state index in [1.807, 2.05) is 0 Å². The summed E-state index contributed by atoms with van der Waals surface area (Å²) in [6.07, 6.45) is 0. The molecule has 0 radical (unpaired) electrons. The molecule has 0 aromatic heterocycles. The maximum atomic E-state index is 11.2. The van der Waals surface area contributed by atoms with Crippen LogP contribution in [-0.2, 0) is 0 Å². The molecule has 0 aromatic carbocycles. The van der Waals surface area contributed by atoms with Gasteiger partial charge in [-0.2, -0.15) is 0 Å². The van der Waals surface area contributed by atoms with Gasteiger partial charge in [0.25, 0.3) is 4.59 Å². The summed E-state index contributed by atoms with van der Waals surface area (Å²) < 4.78 is 9.16. The first kappa shape index (κ1) is 9.69. The minimum atomic E-state index is -2.06. The number of rotatable bonds is 0. The Hall–Kier alpha value is 0.470. The maximum absolute atomic E-state index is 11.2. The van der Waals surface area contributed by atoms with Gasteiger partial charge in [-0.3, -0.25) is 0 Å². The molecular formula is C2H5Cl2FO. The van der Waals surface area contributed by atoms with Gasteiger partial charge in [-0.05, 0) is 6.92 Å². The van der Waals surface area contributed by atoms with Crippen LogP contribution in [0, 0.1) is 0 Å². The van der Waals surface area contributed by atoms with E-state index in [9.17, 15) is 4.39 Å². The average Bonchev–Trinajstić information content (AvgIpc) is 0.722. The van der Waals surface area contributed by atoms with Crippen molar-refractivity contribution >= 4 is 23.2 Å². The Morgan fingerprint density at radius 3 is 1.50 bits per heavy atom. The quantitative estimate of drug-likeness (QED) is 0.448. The molecule has 0 atom stereocenters. The topological polar surface area (TPSA) is 31.5 Å². The third kappa shape index (κ3) is 244. The fourth-order valence-corrected chi connectivity index (χ4v) is 0. The zero-order valence-corrected chi connectivity index (χ0v) is 4.65. The highest BCUT2D eigenvalue weighted by molar-refractivity contribution is 6.46. The van der Waals surface area contributed by atoms with Crippen molar-refractivity contribution in [2.45, 2.75) is 11.5 Å². The summed E-state index contributed by atoms with van der Waals surface area (Å²) in [5, 5.41) is 0. The maximum Gasteiger partial charge on any atom is 0.254 e. The molecule has 0 fully saturated rings. The monoisotopic (exact) mass is 134 g/mol. The minimum Gasteiger partial charge on any atom is -0.412 e. The van der Waals surface area contributed by atoms with Gasteiger partial charge < -0.3 is 5.48 Å². The summed E-state index contributed by atoms with van der Waals surface area (Å²) in [6, 6.07) is 0. The molecule has 40 valence electrons. The van der Waals surface area contributed by atoms with Gasteiger partial charge in [-0.25, -0.2) is 4.39 Å². The molecule has 0 aliphatic heterocycles. The van der Waals surface area contributed by atoms with E-state index in [1.54, 1.807) is 0 Å². The van der Waals surface area contributed by atoms with Crippen molar-refractivity contribution in [3.63, 3.8) is 0 Å². The van der Waals surface area contributed by atoms with Crippen LogP contribution in [0.4, 0.5) is 4.39 Å². The second-order valence-corrected chi connectivity index (χ2v) is 2.39. The summed E-state index contributed by atoms with van der Waals surface area (Å²) in [5.74, 6) is 0. The summed E-state index contributed by atoms with van der Waals surface area (Å²) >= 11 is 9.26. The Bertz CT molecular complexity index is 27.0. The molecule has 4 heteroatoms. The lowest BCUT2D eigenvalue weighted by atomic mass is 10.9. The lowest BCUT2D eigenvalue weighted by molar-refractivity contribution is 0.424. The number of alkyl halides is 3. The normalized spacial score (nSPS) is 10.0. The number of hydrogen-bond donors (Lipinski definition) is 0. The van der Waals surface area contributed by atoms with Crippen LogP contribution in [0.1, 0.15) is 6.92 Å². The lowest BCUT2D eigenvalue weighted by Gasteiger charge is -1.92. The van der Waals surface area contributed by atoms with Crippen LogP contribution >= 0.6 is 23.2 Å². The molecule has 0 saturated carbocycles. The first-order valence-electron chi connectivity index (χ1n) is 1.07. The van der Waals surface area contributed by atoms with Crippen molar-refractivity contribution in [2.24, 2.45) is 0 Å². The molecule has 6 heavy (non-hydrogen) atoms. The van der Waals surface area contributed by atoms with Crippen LogP contribution < -0.4 is 0 Å². The van der Waals surface area contributed by atoms with Gasteiger partial charge in [0.05, 0.1) is 0 Å². The standard InChI is InChI=1S/C2H3Cl2F.H2O/c1-2(3,4)5;/h1H3;1H2. The van der Waals surface area contributed by atoms with Crippen molar-refractivity contribution in [1.29, 1.82) is 0 Å². The first-order valence-corrected chi connectivity index (χ1v) is 1.82. The Kier molecular flexibility index (Phi) is 4.22. The van der Waals surface area contributed by atoms with Crippen molar-refractivity contribution in [2.75, 3.05) is 0 Å². The van der Waals surface area contributed by atoms with E-state index < -0.39 is 4.59 Å². The molecule has 0 rings (SSSR count). The molecule has 0 heterocycles. The summed E-state index contributed by atoms with van der Waals surface area (Å²) in [6.45, 7) is 1.05. The highest BCUT2D eigenvalue weighted by atomic mass is 35.5. The molecule has 2 N–H and O–H groups in total. The van der Waals surface area contributed by atoms with Gasteiger partial charge in [0, 0.05) is 0 Å². The summed E-state index contributed by atoms with van der Waals surface area (Å²) in [5.41, 5.74) is 0. The van der Waals surface area contributed by atoms with E-state index in [-0.39, 0.29) is 5.48 Å². The molecule has 1 nitrogen and oxygen atoms in total. The van der Waals surface area contributed by atoms with E-state index >= 15 is 0 Å². The van der Waals surface area contributed by atoms with Crippen LogP contribution in [-0.4, -0.2) is 10.1 Å². The number of hydrogen-bond acceptors (Lipinski definition) is 0. The largest absolute Gasteiger partial charge is 0.412 e. The van der Waals surface area contributed by atoms with Gasteiger partial charge in [0.1, 0.15) is 0 Å². The smallest absolute Gasteiger partial charge is 0.254 e. The predicted octanol–water partition coefficient (Wildman–Crippen LogP) is 1.28. The molecule has 0 saturated heterocycles. The fraction of sp³-hybridized carbons (Fsp3) is 1.00. The first-order chi connectivity index (χ1) is 2.00. The van der Waals surface area contributed by atoms with E-state index in [4.69, 9.17) is 0 Å². The molecule has 0 amide bonds. The lowest BCUT2D eigenvalue weighted by Crippen LogP contribution is -1.90. The highest BCUT2D eigenvalue weighted by Gasteiger charge is 2.09. The molecule has 0 bridgehead atoms. The Labute approximate surface area is 45.4 Å². The zero-order valence-electron chi connectivity index (χ0n) is 3.13. The van der Waals surface area contributed by atoms with Crippen LogP contribution in [0.2, 0.25) is 0 Å². The fourth-order valence-electron chi connectivity index (χ4n) is 0. The predicted molar refractivity (Wildman–Crippen MR) is 24.8 cm³/mol. The van der Waals surface area contributed by atoms with Crippen LogP contribution in [0.3, 0.4) is 0 Å².